The summed E-state index contributed by atoms with van der Waals surface area (Å²) < 4.78 is 5.21. The van der Waals surface area contributed by atoms with E-state index in [1.54, 1.807) is 6.92 Å². The minimum atomic E-state index is -0.960. The Bertz CT molecular complexity index is 579. The Morgan fingerprint density at radius 1 is 1.00 bits per heavy atom. The molecule has 0 aliphatic heterocycles. The zero-order valence-electron chi connectivity index (χ0n) is 12.0. The number of carbonyl (C=O) groups is 1. The minimum Gasteiger partial charge on any atom is -0.465 e. The summed E-state index contributed by atoms with van der Waals surface area (Å²) in [5.41, 5.74) is 7.66. The van der Waals surface area contributed by atoms with Crippen LogP contribution in [0.2, 0.25) is 0 Å². The molecule has 0 amide bonds. The Hall–Kier alpha value is -2.13. The first kappa shape index (κ1) is 13.8. The van der Waals surface area contributed by atoms with E-state index in [0.29, 0.717) is 6.61 Å². The summed E-state index contributed by atoms with van der Waals surface area (Å²) in [7, 11) is 0. The van der Waals surface area contributed by atoms with Gasteiger partial charge in [-0.25, -0.2) is 0 Å². The second kappa shape index (κ2) is 5.34. The molecule has 21 heavy (non-hydrogen) atoms. The molecule has 0 heterocycles. The van der Waals surface area contributed by atoms with Crippen molar-refractivity contribution in [2.75, 3.05) is 6.61 Å². The maximum absolute atomic E-state index is 12.3. The Labute approximate surface area is 124 Å². The fourth-order valence-corrected chi connectivity index (χ4v) is 3.17. The van der Waals surface area contributed by atoms with Crippen molar-refractivity contribution in [3.05, 3.63) is 71.8 Å². The summed E-state index contributed by atoms with van der Waals surface area (Å²) in [6.45, 7) is 2.15. The normalized spacial score (nSPS) is 27.1. The standard InChI is InChI=1S/C18H19NO2/c1-2-21-17(20)18(19)15(13-9-5-3-6-10-13)16(18)14-11-7-4-8-12-14/h3-12,15-16H,2,19H2,1H3. The van der Waals surface area contributed by atoms with E-state index in [1.165, 1.54) is 0 Å². The van der Waals surface area contributed by atoms with Crippen LogP contribution in [0.3, 0.4) is 0 Å². The number of rotatable bonds is 4. The van der Waals surface area contributed by atoms with Crippen LogP contribution in [0.15, 0.2) is 60.7 Å². The van der Waals surface area contributed by atoms with Gasteiger partial charge in [0.2, 0.25) is 0 Å². The quantitative estimate of drug-likeness (QED) is 0.877. The third-order valence-electron chi connectivity index (χ3n) is 4.20. The van der Waals surface area contributed by atoms with E-state index >= 15 is 0 Å². The second-order valence-electron chi connectivity index (χ2n) is 5.43. The third kappa shape index (κ3) is 2.24. The molecule has 2 atom stereocenters. The largest absolute Gasteiger partial charge is 0.465 e. The van der Waals surface area contributed by atoms with Crippen molar-refractivity contribution in [1.29, 1.82) is 0 Å². The molecular formula is C18H19NO2. The molecule has 0 radical (unpaired) electrons. The Morgan fingerprint density at radius 2 is 1.43 bits per heavy atom. The molecule has 2 N–H and O–H groups in total. The maximum Gasteiger partial charge on any atom is 0.327 e. The summed E-state index contributed by atoms with van der Waals surface area (Å²) in [6, 6.07) is 19.9. The van der Waals surface area contributed by atoms with E-state index in [-0.39, 0.29) is 17.8 Å². The van der Waals surface area contributed by atoms with E-state index in [2.05, 4.69) is 0 Å². The van der Waals surface area contributed by atoms with Crippen molar-refractivity contribution in [3.63, 3.8) is 0 Å². The lowest BCUT2D eigenvalue weighted by molar-refractivity contribution is -0.146. The van der Waals surface area contributed by atoms with Gasteiger partial charge in [-0.2, -0.15) is 0 Å². The van der Waals surface area contributed by atoms with Gasteiger partial charge in [0.1, 0.15) is 5.54 Å². The average molecular weight is 281 g/mol. The van der Waals surface area contributed by atoms with Crippen LogP contribution < -0.4 is 5.73 Å². The molecule has 1 saturated carbocycles. The Balaban J connectivity index is 1.99. The zero-order valence-corrected chi connectivity index (χ0v) is 12.0. The molecule has 0 bridgehead atoms. The monoisotopic (exact) mass is 281 g/mol. The second-order valence-corrected chi connectivity index (χ2v) is 5.43. The summed E-state index contributed by atoms with van der Waals surface area (Å²) in [4.78, 5) is 12.3. The number of hydrogen-bond acceptors (Lipinski definition) is 3. The molecule has 0 aromatic heterocycles. The molecule has 1 fully saturated rings. The van der Waals surface area contributed by atoms with E-state index in [1.807, 2.05) is 60.7 Å². The minimum absolute atomic E-state index is 0.0276. The van der Waals surface area contributed by atoms with E-state index < -0.39 is 5.54 Å². The van der Waals surface area contributed by atoms with Crippen molar-refractivity contribution < 1.29 is 9.53 Å². The van der Waals surface area contributed by atoms with E-state index in [9.17, 15) is 4.79 Å². The lowest BCUT2D eigenvalue weighted by atomic mass is 10.0. The molecule has 1 aliphatic rings. The number of benzene rings is 2. The van der Waals surface area contributed by atoms with E-state index in [0.717, 1.165) is 11.1 Å². The highest BCUT2D eigenvalue weighted by Crippen LogP contribution is 2.62. The van der Waals surface area contributed by atoms with E-state index in [4.69, 9.17) is 10.5 Å². The smallest absolute Gasteiger partial charge is 0.327 e. The molecule has 0 spiro atoms. The van der Waals surface area contributed by atoms with Gasteiger partial charge in [-0.05, 0) is 18.1 Å². The lowest BCUT2D eigenvalue weighted by Crippen LogP contribution is -2.38. The molecule has 3 nitrogen and oxygen atoms in total. The maximum atomic E-state index is 12.3. The average Bonchev–Trinajstić information content (AvgIpc) is 3.17. The van der Waals surface area contributed by atoms with Gasteiger partial charge in [0.25, 0.3) is 0 Å². The molecule has 2 aromatic rings. The predicted molar refractivity (Wildman–Crippen MR) is 81.9 cm³/mol. The van der Waals surface area contributed by atoms with Gasteiger partial charge in [0.15, 0.2) is 0 Å². The molecule has 108 valence electrons. The number of carbonyl (C=O) groups excluding carboxylic acids is 1. The predicted octanol–water partition coefficient (Wildman–Crippen LogP) is 2.83. The summed E-state index contributed by atoms with van der Waals surface area (Å²) in [5.74, 6) is -0.368. The van der Waals surface area contributed by atoms with Crippen LogP contribution in [0.5, 0.6) is 0 Å². The first-order chi connectivity index (χ1) is 10.2. The molecule has 0 saturated heterocycles. The van der Waals surface area contributed by atoms with Crippen molar-refractivity contribution in [2.45, 2.75) is 24.3 Å². The van der Waals surface area contributed by atoms with Gasteiger partial charge >= 0.3 is 5.97 Å². The van der Waals surface area contributed by atoms with Crippen molar-refractivity contribution in [2.24, 2.45) is 5.73 Å². The van der Waals surface area contributed by atoms with Gasteiger partial charge in [-0.1, -0.05) is 60.7 Å². The summed E-state index contributed by atoms with van der Waals surface area (Å²) in [6.07, 6.45) is 0. The lowest BCUT2D eigenvalue weighted by Gasteiger charge is -2.11. The SMILES string of the molecule is CCOC(=O)C1(N)C(c2ccccc2)C1c1ccccc1. The molecule has 2 aromatic carbocycles. The molecule has 2 unspecified atom stereocenters. The number of hydrogen-bond donors (Lipinski definition) is 1. The highest BCUT2D eigenvalue weighted by molar-refractivity contribution is 5.90. The summed E-state index contributed by atoms with van der Waals surface area (Å²) >= 11 is 0. The van der Waals surface area contributed by atoms with Crippen LogP contribution >= 0.6 is 0 Å². The first-order valence-electron chi connectivity index (χ1n) is 7.25. The highest BCUT2D eigenvalue weighted by Gasteiger charge is 2.69. The number of esters is 1. The number of nitrogens with two attached hydrogens (primary N) is 1. The Morgan fingerprint density at radius 3 is 1.81 bits per heavy atom. The van der Waals surface area contributed by atoms with Gasteiger partial charge in [0, 0.05) is 11.8 Å². The van der Waals surface area contributed by atoms with Crippen molar-refractivity contribution >= 4 is 5.97 Å². The van der Waals surface area contributed by atoms with Crippen molar-refractivity contribution in [1.82, 2.24) is 0 Å². The van der Waals surface area contributed by atoms with Crippen LogP contribution in [-0.4, -0.2) is 18.1 Å². The van der Waals surface area contributed by atoms with Crippen LogP contribution in [0, 0.1) is 0 Å². The fraction of sp³-hybridized carbons (Fsp3) is 0.278. The zero-order chi connectivity index (χ0) is 14.9. The topological polar surface area (TPSA) is 52.3 Å². The van der Waals surface area contributed by atoms with Gasteiger partial charge in [-0.15, -0.1) is 0 Å². The van der Waals surface area contributed by atoms with Gasteiger partial charge < -0.3 is 10.5 Å². The third-order valence-corrected chi connectivity index (χ3v) is 4.20. The van der Waals surface area contributed by atoms with Gasteiger partial charge in [0.05, 0.1) is 6.61 Å². The first-order valence-corrected chi connectivity index (χ1v) is 7.25. The molecule has 3 rings (SSSR count). The van der Waals surface area contributed by atoms with Crippen LogP contribution in [0.4, 0.5) is 0 Å². The number of ether oxygens (including phenoxy) is 1. The molecule has 3 heteroatoms. The summed E-state index contributed by atoms with van der Waals surface area (Å²) in [5, 5.41) is 0. The fourth-order valence-electron chi connectivity index (χ4n) is 3.17. The van der Waals surface area contributed by atoms with Crippen LogP contribution in [0.25, 0.3) is 0 Å². The Kier molecular flexibility index (Phi) is 3.52. The molecule has 1 aliphatic carbocycles. The van der Waals surface area contributed by atoms with Crippen LogP contribution in [-0.2, 0) is 9.53 Å². The molecular weight excluding hydrogens is 262 g/mol. The van der Waals surface area contributed by atoms with Gasteiger partial charge in [-0.3, -0.25) is 4.79 Å². The van der Waals surface area contributed by atoms with Crippen LogP contribution in [0.1, 0.15) is 29.9 Å². The highest BCUT2D eigenvalue weighted by atomic mass is 16.5. The van der Waals surface area contributed by atoms with Crippen molar-refractivity contribution in [3.8, 4) is 0 Å².